The highest BCUT2D eigenvalue weighted by Gasteiger charge is 2.22. The van der Waals surface area contributed by atoms with Crippen molar-refractivity contribution in [2.75, 3.05) is 13.1 Å². The van der Waals surface area contributed by atoms with Gasteiger partial charge in [-0.1, -0.05) is 26.0 Å². The first kappa shape index (κ1) is 21.1. The van der Waals surface area contributed by atoms with E-state index in [4.69, 9.17) is 0 Å². The van der Waals surface area contributed by atoms with Crippen molar-refractivity contribution in [3.63, 3.8) is 0 Å². The fourth-order valence-corrected chi connectivity index (χ4v) is 4.55. The lowest BCUT2D eigenvalue weighted by atomic mass is 10.1. The molecule has 1 N–H and O–H groups in total. The lowest BCUT2D eigenvalue weighted by Crippen LogP contribution is -2.30. The Labute approximate surface area is 161 Å². The standard InChI is InChI=1S/C19H28N4O3S/c1-7-23(8-2)27(25,26)17-11-9-16(10-12-17)13(3)20-19(24)18-14(4)21-22(6)15(18)5/h9-13H,7-8H2,1-6H3,(H,20,24). The highest BCUT2D eigenvalue weighted by molar-refractivity contribution is 7.89. The Morgan fingerprint density at radius 3 is 2.19 bits per heavy atom. The number of aryl methyl sites for hydroxylation is 2. The normalized spacial score (nSPS) is 13.0. The van der Waals surface area contributed by atoms with Crippen molar-refractivity contribution in [2.45, 2.75) is 45.6 Å². The second-order valence-corrected chi connectivity index (χ2v) is 8.46. The van der Waals surface area contributed by atoms with E-state index >= 15 is 0 Å². The van der Waals surface area contributed by atoms with Gasteiger partial charge in [0.2, 0.25) is 10.0 Å². The van der Waals surface area contributed by atoms with Gasteiger partial charge in [0.1, 0.15) is 0 Å². The summed E-state index contributed by atoms with van der Waals surface area (Å²) in [4.78, 5) is 12.9. The van der Waals surface area contributed by atoms with Crippen LogP contribution in [0.4, 0.5) is 0 Å². The predicted octanol–water partition coefficient (Wildman–Crippen LogP) is 2.56. The predicted molar refractivity (Wildman–Crippen MR) is 105 cm³/mol. The minimum absolute atomic E-state index is 0.189. The number of nitrogens with one attached hydrogen (secondary N) is 1. The third-order valence-corrected chi connectivity index (χ3v) is 6.87. The van der Waals surface area contributed by atoms with Gasteiger partial charge in [-0.15, -0.1) is 0 Å². The first-order valence-electron chi connectivity index (χ1n) is 9.04. The monoisotopic (exact) mass is 392 g/mol. The van der Waals surface area contributed by atoms with E-state index < -0.39 is 10.0 Å². The summed E-state index contributed by atoms with van der Waals surface area (Å²) in [7, 11) is -1.68. The van der Waals surface area contributed by atoms with Crippen LogP contribution in [-0.4, -0.2) is 41.5 Å². The van der Waals surface area contributed by atoms with Crippen LogP contribution in [0.3, 0.4) is 0 Å². The molecule has 0 bridgehead atoms. The van der Waals surface area contributed by atoms with E-state index in [0.717, 1.165) is 11.3 Å². The second kappa shape index (κ2) is 8.22. The summed E-state index contributed by atoms with van der Waals surface area (Å²) >= 11 is 0. The number of carbonyl (C=O) groups excluding carboxylic acids is 1. The van der Waals surface area contributed by atoms with Gasteiger partial charge in [0.25, 0.3) is 5.91 Å². The zero-order chi connectivity index (χ0) is 20.4. The number of aromatic nitrogens is 2. The molecule has 148 valence electrons. The van der Waals surface area contributed by atoms with E-state index in [1.165, 1.54) is 4.31 Å². The maximum absolute atomic E-state index is 12.6. The third-order valence-electron chi connectivity index (χ3n) is 4.81. The van der Waals surface area contributed by atoms with Crippen LogP contribution in [0.2, 0.25) is 0 Å². The summed E-state index contributed by atoms with van der Waals surface area (Å²) in [6, 6.07) is 6.40. The first-order valence-corrected chi connectivity index (χ1v) is 10.5. The Hall–Kier alpha value is -2.19. The van der Waals surface area contributed by atoms with E-state index in [9.17, 15) is 13.2 Å². The fourth-order valence-electron chi connectivity index (χ4n) is 3.10. The van der Waals surface area contributed by atoms with Gasteiger partial charge in [-0.25, -0.2) is 8.42 Å². The summed E-state index contributed by atoms with van der Waals surface area (Å²) in [6.07, 6.45) is 0. The second-order valence-electron chi connectivity index (χ2n) is 6.52. The molecule has 0 aliphatic rings. The van der Waals surface area contributed by atoms with Crippen LogP contribution in [0.1, 0.15) is 54.1 Å². The Bertz CT molecular complexity index is 913. The molecule has 0 spiro atoms. The molecular weight excluding hydrogens is 364 g/mol. The molecule has 0 saturated heterocycles. The number of benzene rings is 1. The summed E-state index contributed by atoms with van der Waals surface area (Å²) in [5, 5.41) is 7.23. The van der Waals surface area contributed by atoms with Gasteiger partial charge in [-0.2, -0.15) is 9.40 Å². The van der Waals surface area contributed by atoms with Gasteiger partial charge in [0, 0.05) is 25.8 Å². The van der Waals surface area contributed by atoms with Crippen LogP contribution in [0, 0.1) is 13.8 Å². The lowest BCUT2D eigenvalue weighted by Gasteiger charge is -2.19. The molecule has 27 heavy (non-hydrogen) atoms. The minimum Gasteiger partial charge on any atom is -0.345 e. The maximum Gasteiger partial charge on any atom is 0.255 e. The van der Waals surface area contributed by atoms with E-state index in [2.05, 4.69) is 10.4 Å². The van der Waals surface area contributed by atoms with Crippen molar-refractivity contribution in [3.05, 3.63) is 46.8 Å². The smallest absolute Gasteiger partial charge is 0.255 e. The summed E-state index contributed by atoms with van der Waals surface area (Å²) < 4.78 is 28.2. The molecule has 0 radical (unpaired) electrons. The molecule has 1 unspecified atom stereocenters. The Kier molecular flexibility index (Phi) is 6.43. The van der Waals surface area contributed by atoms with Crippen molar-refractivity contribution in [1.29, 1.82) is 0 Å². The first-order chi connectivity index (χ1) is 12.6. The van der Waals surface area contributed by atoms with Crippen LogP contribution in [-0.2, 0) is 17.1 Å². The molecule has 0 aliphatic carbocycles. The number of carbonyl (C=O) groups is 1. The maximum atomic E-state index is 12.6. The molecule has 2 aromatic rings. The molecule has 7 nitrogen and oxygen atoms in total. The molecule has 0 saturated carbocycles. The summed E-state index contributed by atoms with van der Waals surface area (Å²) in [6.45, 7) is 10.0. The largest absolute Gasteiger partial charge is 0.345 e. The summed E-state index contributed by atoms with van der Waals surface area (Å²) in [5.41, 5.74) is 2.89. The number of hydrogen-bond acceptors (Lipinski definition) is 4. The molecule has 1 aromatic carbocycles. The molecule has 1 amide bonds. The van der Waals surface area contributed by atoms with Gasteiger partial charge in [0.05, 0.1) is 22.2 Å². The molecule has 1 heterocycles. The van der Waals surface area contributed by atoms with E-state index in [0.29, 0.717) is 24.3 Å². The average molecular weight is 393 g/mol. The van der Waals surface area contributed by atoms with Gasteiger partial charge < -0.3 is 5.32 Å². The SMILES string of the molecule is CCN(CC)S(=O)(=O)c1ccc(C(C)NC(=O)c2c(C)nn(C)c2C)cc1. The molecular formula is C19H28N4O3S. The number of sulfonamides is 1. The van der Waals surface area contributed by atoms with Crippen LogP contribution < -0.4 is 5.32 Å². The van der Waals surface area contributed by atoms with Crippen molar-refractivity contribution in [1.82, 2.24) is 19.4 Å². The molecule has 8 heteroatoms. The van der Waals surface area contributed by atoms with Crippen LogP contribution in [0.15, 0.2) is 29.2 Å². The van der Waals surface area contributed by atoms with Gasteiger partial charge in [-0.3, -0.25) is 9.48 Å². The zero-order valence-electron chi connectivity index (χ0n) is 16.8. The minimum atomic E-state index is -3.48. The van der Waals surface area contributed by atoms with Crippen LogP contribution in [0.5, 0.6) is 0 Å². The highest BCUT2D eigenvalue weighted by Crippen LogP contribution is 2.20. The fraction of sp³-hybridized carbons (Fsp3) is 0.474. The van der Waals surface area contributed by atoms with E-state index in [1.54, 1.807) is 42.9 Å². The molecule has 1 atom stereocenters. The third kappa shape index (κ3) is 4.22. The Morgan fingerprint density at radius 1 is 1.19 bits per heavy atom. The van der Waals surface area contributed by atoms with Crippen molar-refractivity contribution in [2.24, 2.45) is 7.05 Å². The number of amides is 1. The van der Waals surface area contributed by atoms with E-state index in [-0.39, 0.29) is 16.8 Å². The van der Waals surface area contributed by atoms with Gasteiger partial charge in [0.15, 0.2) is 0 Å². The topological polar surface area (TPSA) is 84.3 Å². The Morgan fingerprint density at radius 2 is 1.74 bits per heavy atom. The van der Waals surface area contributed by atoms with Crippen molar-refractivity contribution >= 4 is 15.9 Å². The van der Waals surface area contributed by atoms with Crippen LogP contribution >= 0.6 is 0 Å². The van der Waals surface area contributed by atoms with Gasteiger partial charge in [-0.05, 0) is 38.5 Å². The lowest BCUT2D eigenvalue weighted by molar-refractivity contribution is 0.0938. The highest BCUT2D eigenvalue weighted by atomic mass is 32.2. The summed E-state index contributed by atoms with van der Waals surface area (Å²) in [5.74, 6) is -0.189. The Balaban J connectivity index is 2.18. The number of nitrogens with zero attached hydrogens (tertiary/aromatic N) is 3. The average Bonchev–Trinajstić information content (AvgIpc) is 2.87. The van der Waals surface area contributed by atoms with Gasteiger partial charge >= 0.3 is 0 Å². The van der Waals surface area contributed by atoms with E-state index in [1.807, 2.05) is 27.7 Å². The molecule has 1 aromatic heterocycles. The molecule has 0 fully saturated rings. The molecule has 0 aliphatic heterocycles. The van der Waals surface area contributed by atoms with Crippen molar-refractivity contribution in [3.8, 4) is 0 Å². The zero-order valence-corrected chi connectivity index (χ0v) is 17.6. The number of hydrogen-bond donors (Lipinski definition) is 1. The molecule has 2 rings (SSSR count). The quantitative estimate of drug-likeness (QED) is 0.785. The van der Waals surface area contributed by atoms with Crippen molar-refractivity contribution < 1.29 is 13.2 Å². The number of rotatable bonds is 7. The van der Waals surface area contributed by atoms with Crippen LogP contribution in [0.25, 0.3) is 0 Å².